The van der Waals surface area contributed by atoms with E-state index >= 15 is 0 Å². The number of anilines is 1. The van der Waals surface area contributed by atoms with Gasteiger partial charge in [0.15, 0.2) is 0 Å². The third kappa shape index (κ3) is 5.26. The summed E-state index contributed by atoms with van der Waals surface area (Å²) in [5.74, 6) is 1.20. The van der Waals surface area contributed by atoms with E-state index in [1.54, 1.807) is 12.1 Å². The highest BCUT2D eigenvalue weighted by atomic mass is 16.7. The van der Waals surface area contributed by atoms with Gasteiger partial charge >= 0.3 is 6.16 Å². The molecule has 4 aromatic rings. The minimum absolute atomic E-state index is 0.112. The number of para-hydroxylation sites is 1. The zero-order valence-electron chi connectivity index (χ0n) is 19.2. The molecule has 0 aliphatic carbocycles. The van der Waals surface area contributed by atoms with Crippen LogP contribution >= 0.6 is 0 Å². The number of unbranched alkanes of at least 4 members (excludes halogenated alkanes) is 1. The van der Waals surface area contributed by atoms with Crippen molar-refractivity contribution < 1.29 is 19.4 Å². The molecule has 0 radical (unpaired) electrons. The fourth-order valence-electron chi connectivity index (χ4n) is 4.02. The van der Waals surface area contributed by atoms with E-state index in [-0.39, 0.29) is 5.91 Å². The fourth-order valence-corrected chi connectivity index (χ4v) is 4.02. The summed E-state index contributed by atoms with van der Waals surface area (Å²) in [4.78, 5) is 27.4. The highest BCUT2D eigenvalue weighted by molar-refractivity contribution is 5.91. The molecule has 2 N–H and O–H groups in total. The van der Waals surface area contributed by atoms with Crippen molar-refractivity contribution in [1.82, 2.24) is 9.55 Å². The molecule has 1 amide bonds. The first-order valence-corrected chi connectivity index (χ1v) is 11.3. The van der Waals surface area contributed by atoms with Gasteiger partial charge < -0.3 is 19.7 Å². The average molecular weight is 458 g/mol. The molecule has 0 bridgehead atoms. The fraction of sp³-hybridized carbons (Fsp3) is 0.222. The summed E-state index contributed by atoms with van der Waals surface area (Å²) in [6, 6.07) is 20.8. The Bertz CT molecular complexity index is 1330. The van der Waals surface area contributed by atoms with E-state index in [0.717, 1.165) is 52.9 Å². The predicted octanol–water partition coefficient (Wildman–Crippen LogP) is 6.11. The molecule has 0 fully saturated rings. The lowest BCUT2D eigenvalue weighted by Gasteiger charge is -2.12. The number of aryl methyl sites for hydroxylation is 1. The molecule has 0 atom stereocenters. The molecule has 34 heavy (non-hydrogen) atoms. The Balaban J connectivity index is 1.66. The highest BCUT2D eigenvalue weighted by Crippen LogP contribution is 2.30. The average Bonchev–Trinajstić information content (AvgIpc) is 3.14. The molecule has 0 unspecified atom stereocenters. The van der Waals surface area contributed by atoms with Gasteiger partial charge in [-0.2, -0.15) is 0 Å². The van der Waals surface area contributed by atoms with Gasteiger partial charge in [0, 0.05) is 31.1 Å². The molecular weight excluding hydrogens is 430 g/mol. The number of nitrogens with one attached hydrogen (secondary N) is 1. The molecule has 0 spiro atoms. The number of carboxylic acid groups (broad SMARTS) is 1. The number of hydrogen-bond acceptors (Lipinski definition) is 4. The number of benzene rings is 3. The van der Waals surface area contributed by atoms with Crippen LogP contribution in [0.1, 0.15) is 38.1 Å². The minimum atomic E-state index is -1.34. The Morgan fingerprint density at radius 2 is 1.82 bits per heavy atom. The molecule has 7 nitrogen and oxygen atoms in total. The van der Waals surface area contributed by atoms with E-state index in [1.807, 2.05) is 54.6 Å². The molecule has 7 heteroatoms. The van der Waals surface area contributed by atoms with Crippen molar-refractivity contribution in [1.29, 1.82) is 0 Å². The van der Waals surface area contributed by atoms with Crippen LogP contribution in [-0.2, 0) is 17.8 Å². The number of carbonyl (C=O) groups is 2. The molecule has 1 heterocycles. The van der Waals surface area contributed by atoms with E-state index in [0.29, 0.717) is 17.9 Å². The molecule has 0 aliphatic heterocycles. The molecule has 0 aliphatic rings. The van der Waals surface area contributed by atoms with E-state index < -0.39 is 6.16 Å². The maximum atomic E-state index is 11.5. The number of nitrogens with zero attached hydrogens (tertiary/aromatic N) is 2. The minimum Gasteiger partial charge on any atom is -0.449 e. The Hall–Kier alpha value is -4.13. The zero-order valence-corrected chi connectivity index (χ0v) is 19.2. The summed E-state index contributed by atoms with van der Waals surface area (Å²) < 4.78 is 7.13. The summed E-state index contributed by atoms with van der Waals surface area (Å²) in [6.45, 7) is 4.29. The number of aromatic nitrogens is 2. The summed E-state index contributed by atoms with van der Waals surface area (Å²) in [5.41, 5.74) is 5.29. The van der Waals surface area contributed by atoms with Crippen LogP contribution in [0.15, 0.2) is 66.7 Å². The Morgan fingerprint density at radius 1 is 1.06 bits per heavy atom. The smallest absolute Gasteiger partial charge is 0.449 e. The first-order valence-electron chi connectivity index (χ1n) is 11.3. The standard InChI is InChI=1S/C27H27N3O4/c1-3-4-9-26-29-23-15-14-21(28-18(2)31)16-24(23)30(26)17-19-10-12-20(13-11-19)22-7-5-6-8-25(22)34-27(32)33/h5-8,10-16H,3-4,9,17H2,1-2H3,(H,28,31)(H,32,33). The van der Waals surface area contributed by atoms with Gasteiger partial charge in [0.2, 0.25) is 5.91 Å². The van der Waals surface area contributed by atoms with Gasteiger partial charge in [0.05, 0.1) is 11.0 Å². The molecule has 1 aromatic heterocycles. The van der Waals surface area contributed by atoms with E-state index in [2.05, 4.69) is 16.8 Å². The highest BCUT2D eigenvalue weighted by Gasteiger charge is 2.13. The third-order valence-corrected chi connectivity index (χ3v) is 5.59. The van der Waals surface area contributed by atoms with Crippen LogP contribution < -0.4 is 10.1 Å². The quantitative estimate of drug-likeness (QED) is 0.246. The second-order valence-corrected chi connectivity index (χ2v) is 8.16. The monoisotopic (exact) mass is 457 g/mol. The number of amides is 1. The van der Waals surface area contributed by atoms with E-state index in [1.165, 1.54) is 6.92 Å². The van der Waals surface area contributed by atoms with Gasteiger partial charge in [-0.3, -0.25) is 4.79 Å². The topological polar surface area (TPSA) is 93.5 Å². The van der Waals surface area contributed by atoms with Crippen LogP contribution in [-0.4, -0.2) is 26.7 Å². The van der Waals surface area contributed by atoms with Crippen LogP contribution in [0.3, 0.4) is 0 Å². The van der Waals surface area contributed by atoms with Crippen molar-refractivity contribution in [2.45, 2.75) is 39.7 Å². The summed E-state index contributed by atoms with van der Waals surface area (Å²) in [5, 5.41) is 11.9. The first-order chi connectivity index (χ1) is 16.4. The Morgan fingerprint density at radius 3 is 2.53 bits per heavy atom. The SMILES string of the molecule is CCCCc1nc2ccc(NC(C)=O)cc2n1Cc1ccc(-c2ccccc2OC(=O)O)cc1. The van der Waals surface area contributed by atoms with Gasteiger partial charge in [-0.1, -0.05) is 55.8 Å². The number of hydrogen-bond donors (Lipinski definition) is 2. The molecule has 0 saturated heterocycles. The van der Waals surface area contributed by atoms with Gasteiger partial charge in [-0.25, -0.2) is 9.78 Å². The summed E-state index contributed by atoms with van der Waals surface area (Å²) in [6.07, 6.45) is 1.65. The van der Waals surface area contributed by atoms with Gasteiger partial charge in [0.1, 0.15) is 11.6 Å². The molecule has 3 aromatic carbocycles. The van der Waals surface area contributed by atoms with Crippen molar-refractivity contribution in [3.05, 3.63) is 78.1 Å². The second-order valence-electron chi connectivity index (χ2n) is 8.16. The van der Waals surface area contributed by atoms with E-state index in [4.69, 9.17) is 14.8 Å². The second kappa shape index (κ2) is 10.2. The van der Waals surface area contributed by atoms with Crippen LogP contribution in [0.5, 0.6) is 5.75 Å². The maximum absolute atomic E-state index is 11.5. The van der Waals surface area contributed by atoms with Crippen LogP contribution in [0.4, 0.5) is 10.5 Å². The van der Waals surface area contributed by atoms with Crippen molar-refractivity contribution in [2.24, 2.45) is 0 Å². The van der Waals surface area contributed by atoms with Crippen molar-refractivity contribution in [2.75, 3.05) is 5.32 Å². The number of fused-ring (bicyclic) bond motifs is 1. The van der Waals surface area contributed by atoms with Crippen molar-refractivity contribution in [3.8, 4) is 16.9 Å². The lowest BCUT2D eigenvalue weighted by Crippen LogP contribution is -2.07. The Labute approximate surface area is 198 Å². The Kier molecular flexibility index (Phi) is 6.92. The van der Waals surface area contributed by atoms with Crippen molar-refractivity contribution in [3.63, 3.8) is 0 Å². The van der Waals surface area contributed by atoms with Gasteiger partial charge in [0.25, 0.3) is 0 Å². The zero-order chi connectivity index (χ0) is 24.1. The van der Waals surface area contributed by atoms with E-state index in [9.17, 15) is 9.59 Å². The normalized spacial score (nSPS) is 10.9. The molecule has 0 saturated carbocycles. The van der Waals surface area contributed by atoms with Gasteiger partial charge in [-0.15, -0.1) is 0 Å². The number of rotatable bonds is 8. The predicted molar refractivity (Wildman–Crippen MR) is 132 cm³/mol. The van der Waals surface area contributed by atoms with Crippen LogP contribution in [0.2, 0.25) is 0 Å². The lowest BCUT2D eigenvalue weighted by atomic mass is 10.0. The van der Waals surface area contributed by atoms with Crippen molar-refractivity contribution >= 4 is 28.8 Å². The molecule has 4 rings (SSSR count). The van der Waals surface area contributed by atoms with Crippen LogP contribution in [0, 0.1) is 0 Å². The van der Waals surface area contributed by atoms with Gasteiger partial charge in [-0.05, 0) is 41.8 Å². The van der Waals surface area contributed by atoms with Crippen LogP contribution in [0.25, 0.3) is 22.2 Å². The number of imidazole rings is 1. The molecular formula is C27H27N3O4. The summed E-state index contributed by atoms with van der Waals surface area (Å²) in [7, 11) is 0. The molecule has 174 valence electrons. The largest absolute Gasteiger partial charge is 0.511 e. The lowest BCUT2D eigenvalue weighted by molar-refractivity contribution is -0.114. The summed E-state index contributed by atoms with van der Waals surface area (Å²) >= 11 is 0. The first kappa shape index (κ1) is 23.0. The number of carbonyl (C=O) groups excluding carboxylic acids is 1. The number of ether oxygens (including phenoxy) is 1. The maximum Gasteiger partial charge on any atom is 0.511 e. The third-order valence-electron chi connectivity index (χ3n) is 5.59.